The topological polar surface area (TPSA) is 72.8 Å². The molecule has 0 saturated heterocycles. The van der Waals surface area contributed by atoms with Gasteiger partial charge < -0.3 is 14.6 Å². The summed E-state index contributed by atoms with van der Waals surface area (Å²) in [5.74, 6) is -0.0179. The summed E-state index contributed by atoms with van der Waals surface area (Å²) in [6, 6.07) is 9.21. The molecule has 1 fully saturated rings. The van der Waals surface area contributed by atoms with Gasteiger partial charge in [-0.3, -0.25) is 4.79 Å². The van der Waals surface area contributed by atoms with Crippen molar-refractivity contribution in [1.82, 2.24) is 0 Å². The predicted molar refractivity (Wildman–Crippen MR) is 154 cm³/mol. The molecule has 1 aliphatic rings. The molecule has 1 N–H and O–H groups in total. The number of aliphatic hydroxyl groups excluding tert-OH is 1. The van der Waals surface area contributed by atoms with E-state index in [-0.39, 0.29) is 25.7 Å². The van der Waals surface area contributed by atoms with Crippen LogP contribution in [0, 0.1) is 16.7 Å². The van der Waals surface area contributed by atoms with Crippen LogP contribution in [-0.4, -0.2) is 36.9 Å². The molecule has 1 atom stereocenters. The normalized spacial score (nSPS) is 19.4. The van der Waals surface area contributed by atoms with Crippen molar-refractivity contribution >= 4 is 11.9 Å². The molecule has 5 heteroatoms. The Hall–Kier alpha value is -2.14. The number of carbonyl (C=O) groups is 2. The third-order valence-electron chi connectivity index (χ3n) is 8.42. The molecule has 1 saturated carbocycles. The quantitative estimate of drug-likeness (QED) is 0.136. The van der Waals surface area contributed by atoms with Gasteiger partial charge in [-0.05, 0) is 88.7 Å². The van der Waals surface area contributed by atoms with Crippen LogP contribution >= 0.6 is 0 Å². The van der Waals surface area contributed by atoms with Gasteiger partial charge in [-0.15, -0.1) is 0 Å². The van der Waals surface area contributed by atoms with Crippen LogP contribution in [0.2, 0.25) is 0 Å². The first-order chi connectivity index (χ1) is 18.1. The van der Waals surface area contributed by atoms with E-state index in [0.29, 0.717) is 11.5 Å². The number of aliphatic hydroxyl groups is 1. The second kappa shape index (κ2) is 15.5. The van der Waals surface area contributed by atoms with Gasteiger partial charge in [0.05, 0.1) is 12.0 Å². The molecule has 0 heterocycles. The lowest BCUT2D eigenvalue weighted by Gasteiger charge is -2.44. The number of hydrogen-bond donors (Lipinski definition) is 1. The van der Waals surface area contributed by atoms with E-state index >= 15 is 0 Å². The summed E-state index contributed by atoms with van der Waals surface area (Å²) in [5, 5.41) is 9.65. The lowest BCUT2D eigenvalue weighted by Crippen LogP contribution is -2.44. The third-order valence-corrected chi connectivity index (χ3v) is 8.42. The fourth-order valence-corrected chi connectivity index (χ4v) is 5.53. The van der Waals surface area contributed by atoms with E-state index in [9.17, 15) is 14.7 Å². The smallest absolute Gasteiger partial charge is 0.333 e. The summed E-state index contributed by atoms with van der Waals surface area (Å²) in [6.45, 7) is 13.3. The van der Waals surface area contributed by atoms with Crippen LogP contribution in [0.4, 0.5) is 0 Å². The summed E-state index contributed by atoms with van der Waals surface area (Å²) in [4.78, 5) is 25.2. The van der Waals surface area contributed by atoms with E-state index in [2.05, 4.69) is 44.7 Å². The van der Waals surface area contributed by atoms with Crippen molar-refractivity contribution in [2.45, 2.75) is 111 Å². The summed E-state index contributed by atoms with van der Waals surface area (Å²) >= 11 is 0. The predicted octanol–water partition coefficient (Wildman–Crippen LogP) is 7.55. The Morgan fingerprint density at radius 2 is 1.55 bits per heavy atom. The van der Waals surface area contributed by atoms with Gasteiger partial charge in [0.25, 0.3) is 0 Å². The Bertz CT molecular complexity index is 879. The number of carbonyl (C=O) groups excluding carboxylic acids is 2. The van der Waals surface area contributed by atoms with Crippen molar-refractivity contribution < 1.29 is 24.2 Å². The monoisotopic (exact) mass is 528 g/mol. The molecule has 1 aliphatic carbocycles. The van der Waals surface area contributed by atoms with Crippen molar-refractivity contribution in [3.8, 4) is 0 Å². The zero-order valence-electron chi connectivity index (χ0n) is 24.7. The van der Waals surface area contributed by atoms with E-state index < -0.39 is 22.8 Å². The van der Waals surface area contributed by atoms with E-state index in [0.717, 1.165) is 51.4 Å². The molecule has 0 radical (unpaired) electrons. The average molecular weight is 529 g/mol. The highest BCUT2D eigenvalue weighted by atomic mass is 16.5. The van der Waals surface area contributed by atoms with Crippen LogP contribution in [0.1, 0.15) is 116 Å². The van der Waals surface area contributed by atoms with Crippen LogP contribution in [0.3, 0.4) is 0 Å². The standard InChI is InChI=1S/C33H52O5/c1-7-9-11-12-26-13-15-27(16-14-26)28-17-19-29(20-18-28)33(21-10-8-2,23-37-30(35)25(3)4)24-38-31(36)32(5,6)22-34/h13-16,28-29,34H,3,7-12,17-24H2,1-2,4-6H3. The van der Waals surface area contributed by atoms with E-state index in [1.165, 1.54) is 30.4 Å². The van der Waals surface area contributed by atoms with Crippen LogP contribution in [-0.2, 0) is 25.5 Å². The fourth-order valence-electron chi connectivity index (χ4n) is 5.53. The number of hydrogen-bond acceptors (Lipinski definition) is 5. The van der Waals surface area contributed by atoms with Gasteiger partial charge in [-0.1, -0.05) is 70.4 Å². The van der Waals surface area contributed by atoms with Crippen LogP contribution in [0.5, 0.6) is 0 Å². The van der Waals surface area contributed by atoms with Gasteiger partial charge in [0.1, 0.15) is 13.2 Å². The number of ether oxygens (including phenoxy) is 2. The average Bonchev–Trinajstić information content (AvgIpc) is 2.93. The van der Waals surface area contributed by atoms with Crippen LogP contribution in [0.15, 0.2) is 36.4 Å². The molecular weight excluding hydrogens is 476 g/mol. The summed E-state index contributed by atoms with van der Waals surface area (Å²) in [5.41, 5.74) is 1.78. The third kappa shape index (κ3) is 9.25. The van der Waals surface area contributed by atoms with Crippen LogP contribution < -0.4 is 0 Å². The molecule has 1 aromatic carbocycles. The zero-order chi connectivity index (χ0) is 28.2. The number of benzene rings is 1. The zero-order valence-corrected chi connectivity index (χ0v) is 24.7. The minimum atomic E-state index is -0.967. The minimum absolute atomic E-state index is 0.195. The Kier molecular flexibility index (Phi) is 13.0. The van der Waals surface area contributed by atoms with Crippen LogP contribution in [0.25, 0.3) is 0 Å². The van der Waals surface area contributed by atoms with E-state index in [4.69, 9.17) is 9.47 Å². The molecule has 214 valence electrons. The molecule has 1 unspecified atom stereocenters. The molecular formula is C33H52O5. The van der Waals surface area contributed by atoms with Crippen molar-refractivity contribution in [2.75, 3.05) is 19.8 Å². The molecule has 0 spiro atoms. The van der Waals surface area contributed by atoms with Crippen molar-refractivity contribution in [3.05, 3.63) is 47.5 Å². The molecule has 5 nitrogen and oxygen atoms in total. The largest absolute Gasteiger partial charge is 0.464 e. The number of esters is 2. The fraction of sp³-hybridized carbons (Fsp3) is 0.697. The highest BCUT2D eigenvalue weighted by molar-refractivity contribution is 5.86. The maximum Gasteiger partial charge on any atom is 0.333 e. The Morgan fingerprint density at radius 3 is 2.11 bits per heavy atom. The molecule has 38 heavy (non-hydrogen) atoms. The summed E-state index contributed by atoms with van der Waals surface area (Å²) < 4.78 is 11.6. The maximum absolute atomic E-state index is 12.8. The Labute approximate surface area is 231 Å². The first-order valence-electron chi connectivity index (χ1n) is 14.8. The second-order valence-electron chi connectivity index (χ2n) is 12.2. The van der Waals surface area contributed by atoms with Gasteiger partial charge in [-0.25, -0.2) is 4.79 Å². The SMILES string of the molecule is C=C(C)C(=O)OCC(CCCC)(COC(=O)C(C)(C)CO)C1CCC(c2ccc(CCCCC)cc2)CC1. The minimum Gasteiger partial charge on any atom is -0.464 e. The molecule has 0 aromatic heterocycles. The molecule has 1 aromatic rings. The molecule has 2 rings (SSSR count). The van der Waals surface area contributed by atoms with Gasteiger partial charge in [0.15, 0.2) is 0 Å². The van der Waals surface area contributed by atoms with Gasteiger partial charge in [0, 0.05) is 11.0 Å². The summed E-state index contributed by atoms with van der Waals surface area (Å²) in [6.07, 6.45) is 11.8. The van der Waals surface area contributed by atoms with Gasteiger partial charge in [-0.2, -0.15) is 0 Å². The number of aryl methyl sites for hydroxylation is 1. The van der Waals surface area contributed by atoms with Gasteiger partial charge >= 0.3 is 11.9 Å². The highest BCUT2D eigenvalue weighted by Gasteiger charge is 2.44. The Morgan fingerprint density at radius 1 is 0.947 bits per heavy atom. The first-order valence-corrected chi connectivity index (χ1v) is 14.8. The van der Waals surface area contributed by atoms with E-state index in [1.807, 2.05) is 0 Å². The molecule has 0 aliphatic heterocycles. The van der Waals surface area contributed by atoms with Gasteiger partial charge in [0.2, 0.25) is 0 Å². The van der Waals surface area contributed by atoms with Crippen molar-refractivity contribution in [3.63, 3.8) is 0 Å². The lowest BCUT2D eigenvalue weighted by atomic mass is 9.64. The summed E-state index contributed by atoms with van der Waals surface area (Å²) in [7, 11) is 0. The Balaban J connectivity index is 2.17. The van der Waals surface area contributed by atoms with Crippen molar-refractivity contribution in [2.24, 2.45) is 16.7 Å². The molecule has 0 amide bonds. The lowest BCUT2D eigenvalue weighted by molar-refractivity contribution is -0.166. The molecule has 0 bridgehead atoms. The van der Waals surface area contributed by atoms with Crippen molar-refractivity contribution in [1.29, 1.82) is 0 Å². The number of rotatable bonds is 16. The highest BCUT2D eigenvalue weighted by Crippen LogP contribution is 2.47. The number of unbranched alkanes of at least 4 members (excludes halogenated alkanes) is 3. The maximum atomic E-state index is 12.8. The second-order valence-corrected chi connectivity index (χ2v) is 12.2. The van der Waals surface area contributed by atoms with E-state index in [1.54, 1.807) is 20.8 Å². The first kappa shape index (κ1) is 32.1.